The van der Waals surface area contributed by atoms with Gasteiger partial charge in [-0.05, 0) is 12.7 Å². The number of hydrogen-bond donors (Lipinski definition) is 0. The minimum atomic E-state index is -0.415. The van der Waals surface area contributed by atoms with Gasteiger partial charge in [-0.2, -0.15) is 4.98 Å². The Kier molecular flexibility index (Phi) is 3.62. The molecule has 1 heterocycles. The van der Waals surface area contributed by atoms with E-state index in [4.69, 9.17) is 0 Å². The molecule has 0 radical (unpaired) electrons. The van der Waals surface area contributed by atoms with Gasteiger partial charge in [-0.3, -0.25) is 9.59 Å². The number of rotatable bonds is 3. The van der Waals surface area contributed by atoms with Gasteiger partial charge in [0.2, 0.25) is 0 Å². The number of carbonyl (C=O) groups excluding carboxylic acids is 1. The molecule has 1 aromatic heterocycles. The van der Waals surface area contributed by atoms with Crippen LogP contribution in [0.4, 0.5) is 0 Å². The molecule has 1 rings (SSSR count). The van der Waals surface area contributed by atoms with E-state index in [0.717, 1.165) is 10.1 Å². The molecule has 5 heteroatoms. The van der Waals surface area contributed by atoms with Gasteiger partial charge in [-0.25, -0.2) is 0 Å². The topological polar surface area (TPSA) is 47.0 Å². The number of thioether (sulfide) groups is 1. The molecule has 0 N–H and O–H groups in total. The van der Waals surface area contributed by atoms with Crippen LogP contribution >= 0.6 is 23.1 Å². The second-order valence-corrected chi connectivity index (χ2v) is 4.69. The lowest BCUT2D eigenvalue weighted by atomic mass is 10.3. The maximum atomic E-state index is 11.2. The second-order valence-electron chi connectivity index (χ2n) is 2.32. The summed E-state index contributed by atoms with van der Waals surface area (Å²) in [6.07, 6.45) is 0. The van der Waals surface area contributed by atoms with Crippen molar-refractivity contribution in [2.24, 2.45) is 0 Å². The van der Waals surface area contributed by atoms with Crippen LogP contribution in [-0.4, -0.2) is 16.5 Å². The summed E-state index contributed by atoms with van der Waals surface area (Å²) in [4.78, 5) is 25.9. The third-order valence-corrected chi connectivity index (χ3v) is 3.26. The van der Waals surface area contributed by atoms with Crippen molar-refractivity contribution in [3.8, 4) is 0 Å². The van der Waals surface area contributed by atoms with Gasteiger partial charge in [-0.15, -0.1) is 11.3 Å². The molecule has 0 fully saturated rings. The number of Topliss-reactive ketones (excluding diaryl/α,β-unsaturated/α-hetero) is 1. The maximum Gasteiger partial charge on any atom is 0.283 e. The fourth-order valence-corrected chi connectivity index (χ4v) is 2.54. The van der Waals surface area contributed by atoms with E-state index in [9.17, 15) is 9.59 Å². The van der Waals surface area contributed by atoms with Crippen molar-refractivity contribution in [1.82, 2.24) is 4.98 Å². The highest BCUT2D eigenvalue weighted by molar-refractivity contribution is 8.00. The molecular formula is C8H9NO2S2. The average Bonchev–Trinajstić information content (AvgIpc) is 2.04. The van der Waals surface area contributed by atoms with Crippen molar-refractivity contribution in [3.63, 3.8) is 0 Å². The molecular weight excluding hydrogens is 206 g/mol. The molecule has 70 valence electrons. The summed E-state index contributed by atoms with van der Waals surface area (Å²) in [5.41, 5.74) is -0.229. The smallest absolute Gasteiger partial charge is 0.283 e. The third kappa shape index (κ3) is 2.63. The standard InChI is InChI=1S/C8H9NO2S2/c1-3-12-8-9-7(11)6(4-13-8)5(2)10/h4H,3H2,1-2H3. The fourth-order valence-electron chi connectivity index (χ4n) is 0.753. The predicted octanol–water partition coefficient (Wildman–Crippen LogP) is 1.82. The van der Waals surface area contributed by atoms with Crippen LogP contribution in [0, 0.1) is 0 Å². The Hall–Kier alpha value is -0.680. The van der Waals surface area contributed by atoms with Gasteiger partial charge < -0.3 is 0 Å². The SMILES string of the molecule is CCSc1nc(=O)c(C(C)=O)cs1. The van der Waals surface area contributed by atoms with Crippen molar-refractivity contribution in [2.75, 3.05) is 5.75 Å². The molecule has 0 amide bonds. The first-order valence-electron chi connectivity index (χ1n) is 3.78. The highest BCUT2D eigenvalue weighted by Gasteiger charge is 2.07. The first-order chi connectivity index (χ1) is 6.15. The predicted molar refractivity (Wildman–Crippen MR) is 54.8 cm³/mol. The Morgan fingerprint density at radius 1 is 1.69 bits per heavy atom. The van der Waals surface area contributed by atoms with Gasteiger partial charge in [0, 0.05) is 5.38 Å². The second kappa shape index (κ2) is 4.53. The molecule has 1 aromatic rings. The highest BCUT2D eigenvalue weighted by Crippen LogP contribution is 2.18. The van der Waals surface area contributed by atoms with Crippen LogP contribution in [0.15, 0.2) is 14.5 Å². The zero-order valence-corrected chi connectivity index (χ0v) is 9.00. The molecule has 13 heavy (non-hydrogen) atoms. The molecule has 0 spiro atoms. The summed E-state index contributed by atoms with van der Waals surface area (Å²) in [5, 5.41) is 1.58. The van der Waals surface area contributed by atoms with E-state index in [2.05, 4.69) is 4.98 Å². The molecule has 0 saturated carbocycles. The van der Waals surface area contributed by atoms with Crippen molar-refractivity contribution in [2.45, 2.75) is 18.2 Å². The summed E-state index contributed by atoms with van der Waals surface area (Å²) >= 11 is 2.84. The number of aromatic nitrogens is 1. The minimum Gasteiger partial charge on any atom is -0.294 e. The van der Waals surface area contributed by atoms with Gasteiger partial charge in [0.1, 0.15) is 0 Å². The molecule has 0 bridgehead atoms. The Morgan fingerprint density at radius 3 is 2.85 bits per heavy atom. The summed E-state index contributed by atoms with van der Waals surface area (Å²) in [6, 6.07) is 0. The van der Waals surface area contributed by atoms with Gasteiger partial charge in [-0.1, -0.05) is 18.7 Å². The molecule has 0 aliphatic heterocycles. The van der Waals surface area contributed by atoms with Crippen LogP contribution in [0.1, 0.15) is 24.2 Å². The largest absolute Gasteiger partial charge is 0.294 e. The Morgan fingerprint density at radius 2 is 2.38 bits per heavy atom. The van der Waals surface area contributed by atoms with Gasteiger partial charge in [0.05, 0.1) is 5.56 Å². The van der Waals surface area contributed by atoms with E-state index in [-0.39, 0.29) is 11.3 Å². The van der Waals surface area contributed by atoms with E-state index in [1.54, 1.807) is 5.38 Å². The Bertz CT molecular complexity index is 373. The molecule has 0 atom stereocenters. The van der Waals surface area contributed by atoms with E-state index in [0.29, 0.717) is 0 Å². The van der Waals surface area contributed by atoms with Crippen LogP contribution in [0.25, 0.3) is 0 Å². The van der Waals surface area contributed by atoms with Gasteiger partial charge in [0.25, 0.3) is 5.56 Å². The summed E-state index contributed by atoms with van der Waals surface area (Å²) in [6.45, 7) is 3.36. The lowest BCUT2D eigenvalue weighted by Crippen LogP contribution is -2.14. The quantitative estimate of drug-likeness (QED) is 0.570. The maximum absolute atomic E-state index is 11.2. The van der Waals surface area contributed by atoms with Gasteiger partial charge >= 0.3 is 0 Å². The molecule has 0 unspecified atom stereocenters. The van der Waals surface area contributed by atoms with Gasteiger partial charge in [0.15, 0.2) is 10.1 Å². The highest BCUT2D eigenvalue weighted by atomic mass is 32.2. The summed E-state index contributed by atoms with van der Waals surface area (Å²) in [7, 11) is 0. The van der Waals surface area contributed by atoms with Crippen molar-refractivity contribution in [1.29, 1.82) is 0 Å². The lowest BCUT2D eigenvalue weighted by Gasteiger charge is -1.95. The Balaban J connectivity index is 3.06. The zero-order valence-electron chi connectivity index (χ0n) is 7.36. The number of nitrogens with zero attached hydrogens (tertiary/aromatic N) is 1. The van der Waals surface area contributed by atoms with Crippen molar-refractivity contribution >= 4 is 28.9 Å². The monoisotopic (exact) mass is 215 g/mol. The average molecular weight is 215 g/mol. The molecule has 0 aliphatic carbocycles. The first-order valence-corrected chi connectivity index (χ1v) is 5.65. The van der Waals surface area contributed by atoms with E-state index in [1.807, 2.05) is 6.92 Å². The third-order valence-electron chi connectivity index (χ3n) is 1.35. The fraction of sp³-hybridized carbons (Fsp3) is 0.375. The first kappa shape index (κ1) is 10.4. The van der Waals surface area contributed by atoms with Crippen molar-refractivity contribution in [3.05, 3.63) is 21.3 Å². The zero-order chi connectivity index (χ0) is 9.84. The van der Waals surface area contributed by atoms with E-state index in [1.165, 1.54) is 30.0 Å². The van der Waals surface area contributed by atoms with Crippen molar-refractivity contribution < 1.29 is 4.79 Å². The number of hydrogen-bond acceptors (Lipinski definition) is 5. The van der Waals surface area contributed by atoms with E-state index < -0.39 is 5.56 Å². The molecule has 0 aromatic carbocycles. The summed E-state index contributed by atoms with van der Waals surface area (Å²) in [5.74, 6) is 0.657. The molecule has 0 aliphatic rings. The number of carbonyl (C=O) groups is 1. The minimum absolute atomic E-state index is 0.186. The molecule has 0 saturated heterocycles. The number of ketones is 1. The van der Waals surface area contributed by atoms with Crippen LogP contribution in [0.2, 0.25) is 0 Å². The Labute approximate surface area is 84.2 Å². The van der Waals surface area contributed by atoms with Crippen LogP contribution in [0.5, 0.6) is 0 Å². The lowest BCUT2D eigenvalue weighted by molar-refractivity contribution is 0.101. The normalized spacial score (nSPS) is 10.0. The summed E-state index contributed by atoms with van der Waals surface area (Å²) < 4.78 is 0.720. The van der Waals surface area contributed by atoms with Crippen LogP contribution in [0.3, 0.4) is 0 Å². The van der Waals surface area contributed by atoms with Crippen LogP contribution in [-0.2, 0) is 0 Å². The molecule has 3 nitrogen and oxygen atoms in total. The van der Waals surface area contributed by atoms with E-state index >= 15 is 0 Å². The van der Waals surface area contributed by atoms with Crippen LogP contribution < -0.4 is 5.56 Å².